The van der Waals surface area contributed by atoms with E-state index in [-0.39, 0.29) is 23.2 Å². The zero-order chi connectivity index (χ0) is 17.3. The molecule has 0 saturated carbocycles. The van der Waals surface area contributed by atoms with Gasteiger partial charge < -0.3 is 10.5 Å². The third kappa shape index (κ3) is 7.31. The highest BCUT2D eigenvalue weighted by Crippen LogP contribution is 2.25. The Morgan fingerprint density at radius 3 is 2.65 bits per heavy atom. The number of ether oxygens (including phenoxy) is 1. The first-order chi connectivity index (χ1) is 10.9. The van der Waals surface area contributed by atoms with E-state index < -0.39 is 15.7 Å². The van der Waals surface area contributed by atoms with Crippen molar-refractivity contribution in [3.05, 3.63) is 29.6 Å². The summed E-state index contributed by atoms with van der Waals surface area (Å²) in [6.45, 7) is 4.82. The van der Waals surface area contributed by atoms with E-state index in [2.05, 4.69) is 0 Å². The minimum absolute atomic E-state index is 0.0640. The van der Waals surface area contributed by atoms with Gasteiger partial charge in [-0.25, -0.2) is 12.8 Å². The molecule has 6 heteroatoms. The molecule has 0 bridgehead atoms. The topological polar surface area (TPSA) is 69.4 Å². The molecule has 0 aliphatic rings. The van der Waals surface area contributed by atoms with Crippen LogP contribution in [-0.4, -0.2) is 33.1 Å². The van der Waals surface area contributed by atoms with Crippen molar-refractivity contribution < 1.29 is 17.5 Å². The number of halogens is 1. The fraction of sp³-hybridized carbons (Fsp3) is 0.647. The molecule has 4 nitrogen and oxygen atoms in total. The predicted molar refractivity (Wildman–Crippen MR) is 92.2 cm³/mol. The second kappa shape index (κ2) is 9.88. The van der Waals surface area contributed by atoms with Crippen molar-refractivity contribution in [1.29, 1.82) is 0 Å². The van der Waals surface area contributed by atoms with Crippen LogP contribution >= 0.6 is 0 Å². The SMILES string of the molecule is CCCOc1cc([C@H](C)CS(=O)(=O)CCCCCN)ccc1F. The summed E-state index contributed by atoms with van der Waals surface area (Å²) in [7, 11) is -3.12. The fourth-order valence-corrected chi connectivity index (χ4v) is 4.12. The van der Waals surface area contributed by atoms with E-state index in [1.54, 1.807) is 12.1 Å². The maximum atomic E-state index is 13.7. The summed E-state index contributed by atoms with van der Waals surface area (Å²) in [5.41, 5.74) is 6.18. The van der Waals surface area contributed by atoms with Crippen LogP contribution in [0.5, 0.6) is 5.75 Å². The van der Waals surface area contributed by atoms with Gasteiger partial charge in [-0.3, -0.25) is 0 Å². The Bertz CT molecular complexity index is 575. The highest BCUT2D eigenvalue weighted by atomic mass is 32.2. The van der Waals surface area contributed by atoms with Gasteiger partial charge in [0.2, 0.25) is 0 Å². The van der Waals surface area contributed by atoms with Crippen molar-refractivity contribution in [3.8, 4) is 5.75 Å². The molecule has 0 fully saturated rings. The molecule has 132 valence electrons. The average molecular weight is 345 g/mol. The first-order valence-corrected chi connectivity index (χ1v) is 10.0. The quantitative estimate of drug-likeness (QED) is 0.625. The molecule has 0 amide bonds. The summed E-state index contributed by atoms with van der Waals surface area (Å²) in [5, 5.41) is 0. The van der Waals surface area contributed by atoms with E-state index in [0.29, 0.717) is 19.6 Å². The lowest BCUT2D eigenvalue weighted by molar-refractivity contribution is 0.301. The molecule has 0 radical (unpaired) electrons. The zero-order valence-corrected chi connectivity index (χ0v) is 14.9. The molecule has 1 aromatic rings. The number of hydrogen-bond acceptors (Lipinski definition) is 4. The Kier molecular flexibility index (Phi) is 8.55. The number of benzene rings is 1. The molecule has 0 aliphatic carbocycles. The summed E-state index contributed by atoms with van der Waals surface area (Å²) in [4.78, 5) is 0. The maximum absolute atomic E-state index is 13.7. The Hall–Kier alpha value is -1.14. The lowest BCUT2D eigenvalue weighted by Gasteiger charge is -2.14. The van der Waals surface area contributed by atoms with Crippen molar-refractivity contribution in [2.24, 2.45) is 5.73 Å². The Labute approximate surface area is 139 Å². The van der Waals surface area contributed by atoms with Crippen LogP contribution in [0.4, 0.5) is 4.39 Å². The highest BCUT2D eigenvalue weighted by Gasteiger charge is 2.18. The van der Waals surface area contributed by atoms with Gasteiger partial charge in [0, 0.05) is 0 Å². The summed E-state index contributed by atoms with van der Waals surface area (Å²) in [5.74, 6) is -0.179. The first kappa shape index (κ1) is 19.9. The van der Waals surface area contributed by atoms with Crippen LogP contribution < -0.4 is 10.5 Å². The zero-order valence-electron chi connectivity index (χ0n) is 14.1. The Morgan fingerprint density at radius 2 is 2.00 bits per heavy atom. The molecule has 0 unspecified atom stereocenters. The summed E-state index contributed by atoms with van der Waals surface area (Å²) >= 11 is 0. The van der Waals surface area contributed by atoms with Gasteiger partial charge in [0.15, 0.2) is 21.4 Å². The lowest BCUT2D eigenvalue weighted by Crippen LogP contribution is -2.16. The molecule has 23 heavy (non-hydrogen) atoms. The van der Waals surface area contributed by atoms with Crippen molar-refractivity contribution in [2.75, 3.05) is 24.7 Å². The number of unbranched alkanes of at least 4 members (excludes halogenated alkanes) is 2. The average Bonchev–Trinajstić information content (AvgIpc) is 2.50. The molecular weight excluding hydrogens is 317 g/mol. The molecule has 2 N–H and O–H groups in total. The van der Waals surface area contributed by atoms with E-state index in [1.165, 1.54) is 6.07 Å². The van der Waals surface area contributed by atoms with E-state index in [1.807, 2.05) is 13.8 Å². The first-order valence-electron chi connectivity index (χ1n) is 8.22. The molecule has 0 heterocycles. The van der Waals surface area contributed by atoms with E-state index in [4.69, 9.17) is 10.5 Å². The maximum Gasteiger partial charge on any atom is 0.165 e. The van der Waals surface area contributed by atoms with Crippen LogP contribution in [0.25, 0.3) is 0 Å². The highest BCUT2D eigenvalue weighted by molar-refractivity contribution is 7.91. The lowest BCUT2D eigenvalue weighted by atomic mass is 10.0. The van der Waals surface area contributed by atoms with Gasteiger partial charge in [0.05, 0.1) is 18.1 Å². The van der Waals surface area contributed by atoms with Crippen molar-refractivity contribution in [3.63, 3.8) is 0 Å². The van der Waals surface area contributed by atoms with Gasteiger partial charge in [-0.05, 0) is 49.4 Å². The fourth-order valence-electron chi connectivity index (χ4n) is 2.35. The van der Waals surface area contributed by atoms with Gasteiger partial charge in [-0.2, -0.15) is 0 Å². The second-order valence-electron chi connectivity index (χ2n) is 5.90. The van der Waals surface area contributed by atoms with Gasteiger partial charge in [-0.1, -0.05) is 26.3 Å². The molecule has 1 rings (SSSR count). The van der Waals surface area contributed by atoms with Crippen LogP contribution in [0.3, 0.4) is 0 Å². The van der Waals surface area contributed by atoms with Crippen LogP contribution in [-0.2, 0) is 9.84 Å². The number of nitrogens with two attached hydrogens (primary N) is 1. The van der Waals surface area contributed by atoms with Crippen molar-refractivity contribution >= 4 is 9.84 Å². The minimum atomic E-state index is -3.12. The number of rotatable bonds is 11. The summed E-state index contributed by atoms with van der Waals surface area (Å²) < 4.78 is 43.4. The van der Waals surface area contributed by atoms with Crippen LogP contribution in [0, 0.1) is 5.82 Å². The standard InChI is InChI=1S/C17H28FNO3S/c1-3-10-22-17-12-15(7-8-16(17)18)14(2)13-23(20,21)11-6-4-5-9-19/h7-8,12,14H,3-6,9-11,13,19H2,1-2H3/t14-/m1/s1. The van der Waals surface area contributed by atoms with Gasteiger partial charge >= 0.3 is 0 Å². The van der Waals surface area contributed by atoms with E-state index in [0.717, 1.165) is 24.8 Å². The molecule has 0 aliphatic heterocycles. The molecular formula is C17H28FNO3S. The summed E-state index contributed by atoms with van der Waals surface area (Å²) in [6, 6.07) is 4.58. The Balaban J connectivity index is 2.67. The Morgan fingerprint density at radius 1 is 1.26 bits per heavy atom. The van der Waals surface area contributed by atoms with Gasteiger partial charge in [-0.15, -0.1) is 0 Å². The third-order valence-corrected chi connectivity index (χ3v) is 5.57. The van der Waals surface area contributed by atoms with Gasteiger partial charge in [0.25, 0.3) is 0 Å². The molecule has 0 aromatic heterocycles. The predicted octanol–water partition coefficient (Wildman–Crippen LogP) is 3.26. The van der Waals surface area contributed by atoms with Crippen LogP contribution in [0.2, 0.25) is 0 Å². The molecule has 0 spiro atoms. The van der Waals surface area contributed by atoms with Crippen LogP contribution in [0.1, 0.15) is 51.0 Å². The molecule has 0 saturated heterocycles. The smallest absolute Gasteiger partial charge is 0.165 e. The minimum Gasteiger partial charge on any atom is -0.491 e. The summed E-state index contributed by atoms with van der Waals surface area (Å²) in [6.07, 6.45) is 3.10. The largest absolute Gasteiger partial charge is 0.491 e. The molecule has 1 atom stereocenters. The van der Waals surface area contributed by atoms with E-state index >= 15 is 0 Å². The number of sulfone groups is 1. The van der Waals surface area contributed by atoms with Crippen molar-refractivity contribution in [1.82, 2.24) is 0 Å². The van der Waals surface area contributed by atoms with Gasteiger partial charge in [0.1, 0.15) is 0 Å². The number of hydrogen-bond donors (Lipinski definition) is 1. The van der Waals surface area contributed by atoms with Crippen LogP contribution in [0.15, 0.2) is 18.2 Å². The molecule has 1 aromatic carbocycles. The van der Waals surface area contributed by atoms with E-state index in [9.17, 15) is 12.8 Å². The second-order valence-corrected chi connectivity index (χ2v) is 8.13. The third-order valence-electron chi connectivity index (χ3n) is 3.65. The monoisotopic (exact) mass is 345 g/mol. The van der Waals surface area contributed by atoms with Crippen molar-refractivity contribution in [2.45, 2.75) is 45.4 Å². The normalized spacial score (nSPS) is 13.0.